The summed E-state index contributed by atoms with van der Waals surface area (Å²) in [4.78, 5) is 14.1. The van der Waals surface area contributed by atoms with Gasteiger partial charge < -0.3 is 10.0 Å². The number of fused-ring (bicyclic) bond motifs is 1. The van der Waals surface area contributed by atoms with Crippen molar-refractivity contribution in [1.29, 1.82) is 0 Å². The molecule has 24 heavy (non-hydrogen) atoms. The Morgan fingerprint density at radius 2 is 1.88 bits per heavy atom. The Hall–Kier alpha value is -2.00. The van der Waals surface area contributed by atoms with E-state index in [1.807, 2.05) is 13.8 Å². The van der Waals surface area contributed by atoms with Crippen molar-refractivity contribution in [2.45, 2.75) is 20.0 Å². The fourth-order valence-electron chi connectivity index (χ4n) is 2.63. The van der Waals surface area contributed by atoms with Crippen molar-refractivity contribution in [1.82, 2.24) is 19.5 Å². The Balaban J connectivity index is 1.90. The molecule has 0 radical (unpaired) electrons. The zero-order valence-corrected chi connectivity index (χ0v) is 14.4. The third kappa shape index (κ3) is 3.13. The fraction of sp³-hybridized carbons (Fsp3) is 0.533. The van der Waals surface area contributed by atoms with Gasteiger partial charge in [0.2, 0.25) is 0 Å². The van der Waals surface area contributed by atoms with Gasteiger partial charge in [-0.05, 0) is 18.1 Å². The van der Waals surface area contributed by atoms with Crippen molar-refractivity contribution < 1.29 is 18.3 Å². The predicted octanol–water partition coefficient (Wildman–Crippen LogP) is 0.289. The van der Waals surface area contributed by atoms with Gasteiger partial charge in [0, 0.05) is 19.3 Å². The molecule has 8 nitrogen and oxygen atoms in total. The monoisotopic (exact) mass is 352 g/mol. The highest BCUT2D eigenvalue weighted by Gasteiger charge is 2.26. The molecule has 3 rings (SSSR count). The number of hydrogen-bond donors (Lipinski definition) is 1. The summed E-state index contributed by atoms with van der Waals surface area (Å²) >= 11 is 0. The van der Waals surface area contributed by atoms with Crippen LogP contribution in [0.25, 0.3) is 5.65 Å². The van der Waals surface area contributed by atoms with Crippen molar-refractivity contribution in [2.75, 3.05) is 24.6 Å². The minimum absolute atomic E-state index is 0.00900. The number of nitrogens with zero attached hydrogens (tertiary/aromatic N) is 4. The maximum Gasteiger partial charge on any atom is 0.255 e. The second kappa shape index (κ2) is 6.14. The van der Waals surface area contributed by atoms with Crippen LogP contribution in [0.1, 0.15) is 36.1 Å². The first-order chi connectivity index (χ1) is 11.3. The molecular weight excluding hydrogens is 332 g/mol. The molecular formula is C15H20N4O4S. The molecule has 1 atom stereocenters. The van der Waals surface area contributed by atoms with Gasteiger partial charge in [0.1, 0.15) is 6.10 Å². The summed E-state index contributed by atoms with van der Waals surface area (Å²) in [5.41, 5.74) is 0.960. The minimum Gasteiger partial charge on any atom is -0.385 e. The number of carbonyl (C=O) groups is 1. The molecule has 1 amide bonds. The first-order valence-electron chi connectivity index (χ1n) is 7.81. The minimum atomic E-state index is -3.04. The summed E-state index contributed by atoms with van der Waals surface area (Å²) in [6, 6.07) is 3.30. The molecule has 1 unspecified atom stereocenters. The van der Waals surface area contributed by atoms with E-state index in [4.69, 9.17) is 0 Å². The van der Waals surface area contributed by atoms with Crippen LogP contribution >= 0.6 is 0 Å². The number of aromatic nitrogens is 3. The van der Waals surface area contributed by atoms with Gasteiger partial charge in [-0.2, -0.15) is 0 Å². The molecule has 1 saturated heterocycles. The normalized spacial score (nSPS) is 18.9. The predicted molar refractivity (Wildman–Crippen MR) is 87.3 cm³/mol. The number of aliphatic hydroxyl groups is 1. The molecule has 1 N–H and O–H groups in total. The maximum absolute atomic E-state index is 12.6. The first kappa shape index (κ1) is 16.8. The van der Waals surface area contributed by atoms with E-state index in [-0.39, 0.29) is 36.4 Å². The largest absolute Gasteiger partial charge is 0.385 e. The topological polar surface area (TPSA) is 105 Å². The fourth-order valence-corrected chi connectivity index (χ4v) is 3.83. The van der Waals surface area contributed by atoms with Crippen molar-refractivity contribution >= 4 is 21.4 Å². The number of amides is 1. The van der Waals surface area contributed by atoms with Crippen LogP contribution in [0.3, 0.4) is 0 Å². The molecule has 1 aliphatic heterocycles. The maximum atomic E-state index is 12.6. The van der Waals surface area contributed by atoms with Crippen molar-refractivity contribution in [3.05, 3.63) is 29.7 Å². The number of rotatable bonds is 3. The van der Waals surface area contributed by atoms with E-state index in [0.29, 0.717) is 17.0 Å². The van der Waals surface area contributed by atoms with Crippen LogP contribution in [0.5, 0.6) is 0 Å². The van der Waals surface area contributed by atoms with Gasteiger partial charge in [-0.3, -0.25) is 9.20 Å². The zero-order chi connectivity index (χ0) is 17.5. The average molecular weight is 352 g/mol. The van der Waals surface area contributed by atoms with Gasteiger partial charge in [0.05, 0.1) is 17.1 Å². The van der Waals surface area contributed by atoms with Gasteiger partial charge in [0.25, 0.3) is 5.91 Å². The number of pyridine rings is 1. The summed E-state index contributed by atoms with van der Waals surface area (Å²) in [6.45, 7) is 4.13. The Morgan fingerprint density at radius 1 is 1.21 bits per heavy atom. The highest BCUT2D eigenvalue weighted by molar-refractivity contribution is 7.91. The van der Waals surface area contributed by atoms with E-state index < -0.39 is 15.9 Å². The van der Waals surface area contributed by atoms with Crippen LogP contribution in [0.2, 0.25) is 0 Å². The molecule has 0 saturated carbocycles. The van der Waals surface area contributed by atoms with Gasteiger partial charge in [-0.1, -0.05) is 13.8 Å². The second-order valence-electron chi connectivity index (χ2n) is 6.34. The second-order valence-corrected chi connectivity index (χ2v) is 8.64. The lowest BCUT2D eigenvalue weighted by molar-refractivity contribution is 0.0769. The van der Waals surface area contributed by atoms with Crippen molar-refractivity contribution in [2.24, 2.45) is 5.92 Å². The van der Waals surface area contributed by atoms with Gasteiger partial charge in [-0.25, -0.2) is 8.42 Å². The summed E-state index contributed by atoms with van der Waals surface area (Å²) in [7, 11) is -3.04. The van der Waals surface area contributed by atoms with E-state index in [1.165, 1.54) is 4.90 Å². The van der Waals surface area contributed by atoms with Crippen LogP contribution in [-0.4, -0.2) is 63.5 Å². The SMILES string of the molecule is CC(C)C(O)c1nnc2ccc(C(=O)N3CCS(=O)(=O)CC3)cn12. The quantitative estimate of drug-likeness (QED) is 0.851. The Kier molecular flexibility index (Phi) is 4.31. The highest BCUT2D eigenvalue weighted by Crippen LogP contribution is 2.21. The number of aliphatic hydroxyl groups excluding tert-OH is 1. The molecule has 130 valence electrons. The van der Waals surface area contributed by atoms with Crippen molar-refractivity contribution in [3.8, 4) is 0 Å². The van der Waals surface area contributed by atoms with Gasteiger partial charge in [-0.15, -0.1) is 10.2 Å². The van der Waals surface area contributed by atoms with E-state index in [0.717, 1.165) is 0 Å². The van der Waals surface area contributed by atoms with E-state index >= 15 is 0 Å². The molecule has 3 heterocycles. The lowest BCUT2D eigenvalue weighted by Crippen LogP contribution is -2.43. The zero-order valence-electron chi connectivity index (χ0n) is 13.6. The van der Waals surface area contributed by atoms with Crippen LogP contribution in [0.15, 0.2) is 18.3 Å². The van der Waals surface area contributed by atoms with Crippen molar-refractivity contribution in [3.63, 3.8) is 0 Å². The molecule has 0 aromatic carbocycles. The summed E-state index contributed by atoms with van der Waals surface area (Å²) in [5, 5.41) is 18.2. The molecule has 1 fully saturated rings. The van der Waals surface area contributed by atoms with E-state index in [2.05, 4.69) is 10.2 Å². The molecule has 9 heteroatoms. The summed E-state index contributed by atoms with van der Waals surface area (Å²) < 4.78 is 24.6. The average Bonchev–Trinajstić information content (AvgIpc) is 2.96. The highest BCUT2D eigenvalue weighted by atomic mass is 32.2. The van der Waals surface area contributed by atoms with E-state index in [1.54, 1.807) is 22.7 Å². The van der Waals surface area contributed by atoms with Crippen LogP contribution in [-0.2, 0) is 9.84 Å². The lowest BCUT2D eigenvalue weighted by atomic mass is 10.1. The van der Waals surface area contributed by atoms with Crippen LogP contribution in [0, 0.1) is 5.92 Å². The smallest absolute Gasteiger partial charge is 0.255 e. The van der Waals surface area contributed by atoms with Crippen LogP contribution in [0.4, 0.5) is 0 Å². The lowest BCUT2D eigenvalue weighted by Gasteiger charge is -2.26. The molecule has 1 aliphatic rings. The molecule has 0 aliphatic carbocycles. The van der Waals surface area contributed by atoms with Gasteiger partial charge in [0.15, 0.2) is 21.3 Å². The number of sulfone groups is 1. The van der Waals surface area contributed by atoms with E-state index in [9.17, 15) is 18.3 Å². The summed E-state index contributed by atoms with van der Waals surface area (Å²) in [5.74, 6) is 0.0981. The number of carbonyl (C=O) groups excluding carboxylic acids is 1. The van der Waals surface area contributed by atoms with Gasteiger partial charge >= 0.3 is 0 Å². The third-order valence-corrected chi connectivity index (χ3v) is 5.81. The molecule has 2 aromatic heterocycles. The Morgan fingerprint density at radius 3 is 2.50 bits per heavy atom. The summed E-state index contributed by atoms with van der Waals surface area (Å²) in [6.07, 6.45) is 0.812. The number of hydrogen-bond acceptors (Lipinski definition) is 6. The third-order valence-electron chi connectivity index (χ3n) is 4.20. The molecule has 2 aromatic rings. The Bertz CT molecular complexity index is 861. The first-order valence-corrected chi connectivity index (χ1v) is 9.63. The molecule has 0 spiro atoms. The van der Waals surface area contributed by atoms with Crippen LogP contribution < -0.4 is 0 Å². The standard InChI is InChI=1S/C15H20N4O4S/c1-10(2)13(20)14-17-16-12-4-3-11(9-19(12)14)15(21)18-5-7-24(22,23)8-6-18/h3-4,9-10,13,20H,5-8H2,1-2H3. The molecule has 0 bridgehead atoms. The Labute approximate surface area is 140 Å².